The second-order valence-corrected chi connectivity index (χ2v) is 4.43. The number of nitrogens with zero attached hydrogens (tertiary/aromatic N) is 2. The fourth-order valence-electron chi connectivity index (χ4n) is 1.79. The van der Waals surface area contributed by atoms with Crippen molar-refractivity contribution in [1.82, 2.24) is 9.13 Å². The van der Waals surface area contributed by atoms with E-state index in [1.165, 1.54) is 40.7 Å². The van der Waals surface area contributed by atoms with Crippen molar-refractivity contribution in [2.75, 3.05) is 5.73 Å². The average molecular weight is 274 g/mol. The maximum atomic E-state index is 11.8. The SMILES string of the molecule is Cn1ccn(Cc2ccc(C(N)=O)cc2N)c(=O)c1=O. The van der Waals surface area contributed by atoms with Crippen LogP contribution < -0.4 is 22.6 Å². The monoisotopic (exact) mass is 274 g/mol. The Kier molecular flexibility index (Phi) is 3.43. The third-order valence-corrected chi connectivity index (χ3v) is 3.01. The van der Waals surface area contributed by atoms with Crippen LogP contribution in [-0.2, 0) is 13.6 Å². The van der Waals surface area contributed by atoms with Gasteiger partial charge in [0.1, 0.15) is 0 Å². The van der Waals surface area contributed by atoms with Gasteiger partial charge in [0.15, 0.2) is 0 Å². The molecule has 4 N–H and O–H groups in total. The van der Waals surface area contributed by atoms with E-state index in [4.69, 9.17) is 11.5 Å². The van der Waals surface area contributed by atoms with Crippen LogP contribution >= 0.6 is 0 Å². The Morgan fingerprint density at radius 2 is 1.90 bits per heavy atom. The molecule has 0 aliphatic carbocycles. The lowest BCUT2D eigenvalue weighted by Gasteiger charge is -2.09. The number of aryl methyl sites for hydroxylation is 1. The molecule has 0 atom stereocenters. The molecule has 20 heavy (non-hydrogen) atoms. The van der Waals surface area contributed by atoms with Crippen LogP contribution in [0.1, 0.15) is 15.9 Å². The zero-order valence-corrected chi connectivity index (χ0v) is 10.9. The molecule has 2 rings (SSSR count). The molecule has 0 fully saturated rings. The van der Waals surface area contributed by atoms with Gasteiger partial charge in [-0.3, -0.25) is 14.4 Å². The summed E-state index contributed by atoms with van der Waals surface area (Å²) in [6.45, 7) is 0.153. The van der Waals surface area contributed by atoms with Crippen LogP contribution in [0.3, 0.4) is 0 Å². The molecule has 0 aliphatic rings. The molecule has 0 radical (unpaired) electrons. The zero-order chi connectivity index (χ0) is 14.9. The number of carbonyl (C=O) groups is 1. The van der Waals surface area contributed by atoms with Crippen molar-refractivity contribution >= 4 is 11.6 Å². The van der Waals surface area contributed by atoms with Gasteiger partial charge in [-0.1, -0.05) is 6.07 Å². The van der Waals surface area contributed by atoms with E-state index in [0.29, 0.717) is 16.8 Å². The van der Waals surface area contributed by atoms with E-state index in [2.05, 4.69) is 0 Å². The molecule has 7 heteroatoms. The van der Waals surface area contributed by atoms with Crippen LogP contribution in [0.4, 0.5) is 5.69 Å². The Labute approximate surface area is 114 Å². The summed E-state index contributed by atoms with van der Waals surface area (Å²) in [7, 11) is 1.50. The molecule has 1 aromatic heterocycles. The van der Waals surface area contributed by atoms with Crippen LogP contribution in [0.15, 0.2) is 40.2 Å². The highest BCUT2D eigenvalue weighted by atomic mass is 16.2. The predicted molar refractivity (Wildman–Crippen MR) is 74.4 cm³/mol. The third kappa shape index (κ3) is 2.46. The largest absolute Gasteiger partial charge is 0.398 e. The maximum absolute atomic E-state index is 11.8. The number of amides is 1. The first kappa shape index (κ1) is 13.6. The van der Waals surface area contributed by atoms with Crippen LogP contribution in [0.2, 0.25) is 0 Å². The Hall–Kier alpha value is -2.83. The number of hydrogen-bond donors (Lipinski definition) is 2. The Balaban J connectivity index is 2.41. The molecule has 1 aromatic carbocycles. The molecule has 0 saturated heterocycles. The number of nitrogen functional groups attached to an aromatic ring is 1. The number of anilines is 1. The van der Waals surface area contributed by atoms with E-state index in [-0.39, 0.29) is 6.54 Å². The van der Waals surface area contributed by atoms with E-state index < -0.39 is 17.0 Å². The summed E-state index contributed by atoms with van der Waals surface area (Å²) in [4.78, 5) is 34.4. The summed E-state index contributed by atoms with van der Waals surface area (Å²) in [6.07, 6.45) is 3.00. The Morgan fingerprint density at radius 1 is 1.20 bits per heavy atom. The first-order chi connectivity index (χ1) is 9.40. The summed E-state index contributed by atoms with van der Waals surface area (Å²) in [5.74, 6) is -0.575. The minimum atomic E-state index is -0.631. The first-order valence-corrected chi connectivity index (χ1v) is 5.84. The normalized spacial score (nSPS) is 10.4. The van der Waals surface area contributed by atoms with E-state index >= 15 is 0 Å². The van der Waals surface area contributed by atoms with Crippen molar-refractivity contribution in [1.29, 1.82) is 0 Å². The number of carbonyl (C=O) groups excluding carboxylic acids is 1. The second kappa shape index (κ2) is 5.04. The quantitative estimate of drug-likeness (QED) is 0.567. The number of primary amides is 1. The van der Waals surface area contributed by atoms with E-state index in [1.54, 1.807) is 6.07 Å². The van der Waals surface area contributed by atoms with Crippen molar-refractivity contribution in [2.24, 2.45) is 12.8 Å². The van der Waals surface area contributed by atoms with Gasteiger partial charge < -0.3 is 20.6 Å². The molecule has 0 saturated carbocycles. The summed E-state index contributed by atoms with van der Waals surface area (Å²) < 4.78 is 2.47. The fraction of sp³-hybridized carbons (Fsp3) is 0.154. The molecular weight excluding hydrogens is 260 g/mol. The summed E-state index contributed by atoms with van der Waals surface area (Å²) >= 11 is 0. The number of nitrogens with two attached hydrogens (primary N) is 2. The minimum absolute atomic E-state index is 0.153. The predicted octanol–water partition coefficient (Wildman–Crippen LogP) is -0.724. The van der Waals surface area contributed by atoms with Gasteiger partial charge in [0, 0.05) is 30.7 Å². The Morgan fingerprint density at radius 3 is 2.50 bits per heavy atom. The highest BCUT2D eigenvalue weighted by molar-refractivity contribution is 5.93. The highest BCUT2D eigenvalue weighted by Crippen LogP contribution is 2.14. The molecule has 1 heterocycles. The van der Waals surface area contributed by atoms with E-state index in [0.717, 1.165) is 0 Å². The zero-order valence-electron chi connectivity index (χ0n) is 10.9. The highest BCUT2D eigenvalue weighted by Gasteiger charge is 2.08. The molecule has 0 unspecified atom stereocenters. The first-order valence-electron chi connectivity index (χ1n) is 5.84. The molecular formula is C13H14N4O3. The molecule has 104 valence electrons. The lowest BCUT2D eigenvalue weighted by molar-refractivity contribution is 0.100. The molecule has 1 amide bonds. The van der Waals surface area contributed by atoms with E-state index in [1.807, 2.05) is 0 Å². The van der Waals surface area contributed by atoms with Crippen LogP contribution in [0, 0.1) is 0 Å². The van der Waals surface area contributed by atoms with Gasteiger partial charge in [-0.25, -0.2) is 0 Å². The molecule has 0 bridgehead atoms. The molecule has 7 nitrogen and oxygen atoms in total. The van der Waals surface area contributed by atoms with Gasteiger partial charge >= 0.3 is 11.1 Å². The molecule has 2 aromatic rings. The number of aromatic nitrogens is 2. The molecule has 0 spiro atoms. The summed E-state index contributed by atoms with van der Waals surface area (Å²) in [5.41, 5.74) is 11.0. The van der Waals surface area contributed by atoms with Crippen molar-refractivity contribution in [3.8, 4) is 0 Å². The molecule has 0 aliphatic heterocycles. The van der Waals surface area contributed by atoms with Gasteiger partial charge in [0.25, 0.3) is 0 Å². The third-order valence-electron chi connectivity index (χ3n) is 3.01. The smallest absolute Gasteiger partial charge is 0.316 e. The van der Waals surface area contributed by atoms with Gasteiger partial charge in [0.05, 0.1) is 6.54 Å². The van der Waals surface area contributed by atoms with Gasteiger partial charge in [-0.2, -0.15) is 0 Å². The number of rotatable bonds is 3. The topological polar surface area (TPSA) is 113 Å². The summed E-state index contributed by atoms with van der Waals surface area (Å²) in [6, 6.07) is 4.59. The number of hydrogen-bond acceptors (Lipinski definition) is 4. The van der Waals surface area contributed by atoms with Gasteiger partial charge in [-0.05, 0) is 17.7 Å². The van der Waals surface area contributed by atoms with Crippen LogP contribution in [-0.4, -0.2) is 15.0 Å². The minimum Gasteiger partial charge on any atom is -0.398 e. The maximum Gasteiger partial charge on any atom is 0.316 e. The van der Waals surface area contributed by atoms with Gasteiger partial charge in [0.2, 0.25) is 5.91 Å². The number of benzene rings is 1. The van der Waals surface area contributed by atoms with E-state index in [9.17, 15) is 14.4 Å². The standard InChI is InChI=1S/C13H14N4O3/c1-16-4-5-17(13(20)12(16)19)7-9-3-2-8(11(15)18)6-10(9)14/h2-6H,7,14H2,1H3,(H2,15,18). The van der Waals surface area contributed by atoms with Crippen molar-refractivity contribution in [3.63, 3.8) is 0 Å². The summed E-state index contributed by atoms with van der Waals surface area (Å²) in [5, 5.41) is 0. The average Bonchev–Trinajstić information content (AvgIpc) is 2.41. The lowest BCUT2D eigenvalue weighted by Crippen LogP contribution is -2.39. The van der Waals surface area contributed by atoms with Crippen molar-refractivity contribution < 1.29 is 4.79 Å². The Bertz CT molecular complexity index is 789. The van der Waals surface area contributed by atoms with Crippen LogP contribution in [0.25, 0.3) is 0 Å². The second-order valence-electron chi connectivity index (χ2n) is 4.43. The van der Waals surface area contributed by atoms with Crippen molar-refractivity contribution in [2.45, 2.75) is 6.54 Å². The van der Waals surface area contributed by atoms with Gasteiger partial charge in [-0.15, -0.1) is 0 Å². The van der Waals surface area contributed by atoms with Crippen LogP contribution in [0.5, 0.6) is 0 Å². The van der Waals surface area contributed by atoms with Crippen molar-refractivity contribution in [3.05, 3.63) is 62.4 Å². The fourth-order valence-corrected chi connectivity index (χ4v) is 1.79. The lowest BCUT2D eigenvalue weighted by atomic mass is 10.1.